The molecule has 0 aromatic heterocycles. The monoisotopic (exact) mass is 534 g/mol. The second-order valence-electron chi connectivity index (χ2n) is 10.0. The number of benzene rings is 2. The Hall–Kier alpha value is -3.13. The van der Waals surface area contributed by atoms with Crippen molar-refractivity contribution < 1.29 is 37.3 Å². The predicted molar refractivity (Wildman–Crippen MR) is 126 cm³/mol. The van der Waals surface area contributed by atoms with E-state index in [-0.39, 0.29) is 11.7 Å². The van der Waals surface area contributed by atoms with Gasteiger partial charge in [0.2, 0.25) is 0 Å². The number of nitro groups is 2. The van der Waals surface area contributed by atoms with Crippen LogP contribution in [-0.2, 0) is 24.9 Å². The lowest BCUT2D eigenvalue weighted by Crippen LogP contribution is -2.47. The van der Waals surface area contributed by atoms with Crippen LogP contribution in [0.2, 0.25) is 0 Å². The molecular weight excluding hydrogens is 508 g/mol. The largest absolute Gasteiger partial charge is 0.379 e. The summed E-state index contributed by atoms with van der Waals surface area (Å²) in [6.45, 7) is 0. The third-order valence-corrected chi connectivity index (χ3v) is 9.17. The van der Waals surface area contributed by atoms with Gasteiger partial charge in [0.05, 0.1) is 23.0 Å². The van der Waals surface area contributed by atoms with Crippen LogP contribution < -0.4 is 4.18 Å². The molecular formula is C24H26N2O10S. The van der Waals surface area contributed by atoms with Crippen molar-refractivity contribution in [1.29, 1.82) is 0 Å². The molecule has 1 atom stereocenters. The molecule has 37 heavy (non-hydrogen) atoms. The summed E-state index contributed by atoms with van der Waals surface area (Å²) >= 11 is 0. The molecule has 0 saturated heterocycles. The van der Waals surface area contributed by atoms with E-state index in [2.05, 4.69) is 0 Å². The van der Waals surface area contributed by atoms with E-state index in [0.29, 0.717) is 23.5 Å². The van der Waals surface area contributed by atoms with Gasteiger partial charge in [-0.25, -0.2) is 4.89 Å². The first kappa shape index (κ1) is 25.5. The van der Waals surface area contributed by atoms with Gasteiger partial charge in [0, 0.05) is 6.07 Å². The van der Waals surface area contributed by atoms with Gasteiger partial charge < -0.3 is 4.18 Å². The topological polar surface area (TPSA) is 157 Å². The Bertz CT molecular complexity index is 1290. The number of rotatable bonds is 10. The minimum atomic E-state index is -4.69. The van der Waals surface area contributed by atoms with Crippen molar-refractivity contribution in [2.45, 2.75) is 43.1 Å². The molecule has 4 aliphatic carbocycles. The second-order valence-corrected chi connectivity index (χ2v) is 11.6. The molecule has 0 spiro atoms. The summed E-state index contributed by atoms with van der Waals surface area (Å²) in [5.41, 5.74) is -0.935. The maximum absolute atomic E-state index is 13.0. The van der Waals surface area contributed by atoms with Gasteiger partial charge in [0.1, 0.15) is 11.9 Å². The van der Waals surface area contributed by atoms with Crippen molar-refractivity contribution in [3.05, 3.63) is 68.3 Å². The van der Waals surface area contributed by atoms with Gasteiger partial charge in [-0.3, -0.25) is 20.2 Å². The summed E-state index contributed by atoms with van der Waals surface area (Å²) in [4.78, 5) is 30.2. The number of nitro benzene ring substituents is 2. The summed E-state index contributed by atoms with van der Waals surface area (Å²) in [6, 6.07) is 8.55. The maximum atomic E-state index is 13.0. The average Bonchev–Trinajstić information content (AvgIpc) is 2.84. The molecule has 0 aliphatic heterocycles. The molecule has 4 fully saturated rings. The van der Waals surface area contributed by atoms with Crippen LogP contribution in [0.1, 0.15) is 43.8 Å². The Labute approximate surface area is 212 Å². The Morgan fingerprint density at radius 3 is 2.19 bits per heavy atom. The SMILES string of the molecule is COOOC(c1cccc(OS(=O)(=O)c2ccc([N+](=O)[O-])cc2[N+](=O)[O-])c1)C1C2CC3CC(C2)CC1C3. The van der Waals surface area contributed by atoms with Crippen LogP contribution in [0.5, 0.6) is 5.75 Å². The zero-order valence-electron chi connectivity index (χ0n) is 19.9. The Kier molecular flexibility index (Phi) is 6.88. The van der Waals surface area contributed by atoms with Gasteiger partial charge in [0.25, 0.3) is 11.4 Å². The number of nitrogens with zero attached hydrogens (tertiary/aromatic N) is 2. The Balaban J connectivity index is 1.44. The molecule has 4 saturated carbocycles. The molecule has 0 heterocycles. The fraction of sp³-hybridized carbons (Fsp3) is 0.500. The van der Waals surface area contributed by atoms with Gasteiger partial charge in [-0.15, -0.1) is 0 Å². The summed E-state index contributed by atoms with van der Waals surface area (Å²) in [6.07, 6.45) is 5.25. The lowest BCUT2D eigenvalue weighted by molar-refractivity contribution is -0.526. The highest BCUT2D eigenvalue weighted by atomic mass is 32.2. The van der Waals surface area contributed by atoms with Gasteiger partial charge in [-0.1, -0.05) is 17.2 Å². The van der Waals surface area contributed by atoms with E-state index >= 15 is 0 Å². The van der Waals surface area contributed by atoms with Crippen LogP contribution in [0, 0.1) is 49.8 Å². The molecule has 4 aliphatic rings. The van der Waals surface area contributed by atoms with Gasteiger partial charge in [-0.05, 0) is 85.5 Å². The van der Waals surface area contributed by atoms with Crippen LogP contribution in [0.15, 0.2) is 47.4 Å². The number of non-ortho nitro benzene ring substituents is 1. The molecule has 0 N–H and O–H groups in total. The van der Waals surface area contributed by atoms with Gasteiger partial charge in [-0.2, -0.15) is 13.3 Å². The molecule has 4 bridgehead atoms. The fourth-order valence-corrected chi connectivity index (χ4v) is 7.84. The van der Waals surface area contributed by atoms with Crippen molar-refractivity contribution >= 4 is 21.5 Å². The summed E-state index contributed by atoms with van der Waals surface area (Å²) < 4.78 is 31.2. The Morgan fingerprint density at radius 1 is 0.919 bits per heavy atom. The third kappa shape index (κ3) is 5.04. The minimum Gasteiger partial charge on any atom is -0.379 e. The van der Waals surface area contributed by atoms with Crippen molar-refractivity contribution in [3.8, 4) is 5.75 Å². The van der Waals surface area contributed by atoms with Gasteiger partial charge >= 0.3 is 10.1 Å². The van der Waals surface area contributed by atoms with E-state index in [0.717, 1.165) is 49.7 Å². The van der Waals surface area contributed by atoms with E-state index < -0.39 is 42.3 Å². The molecule has 6 rings (SSSR count). The van der Waals surface area contributed by atoms with Crippen molar-refractivity contribution in [1.82, 2.24) is 0 Å². The van der Waals surface area contributed by atoms with Crippen LogP contribution in [0.3, 0.4) is 0 Å². The number of hydrogen-bond acceptors (Lipinski definition) is 10. The van der Waals surface area contributed by atoms with E-state index in [9.17, 15) is 28.6 Å². The first-order valence-electron chi connectivity index (χ1n) is 12.0. The number of hydrogen-bond donors (Lipinski definition) is 0. The summed E-state index contributed by atoms with van der Waals surface area (Å²) in [7, 11) is -3.36. The molecule has 2 aromatic carbocycles. The molecule has 198 valence electrons. The highest BCUT2D eigenvalue weighted by Crippen LogP contribution is 2.60. The Morgan fingerprint density at radius 2 is 1.59 bits per heavy atom. The van der Waals surface area contributed by atoms with Crippen LogP contribution in [-0.4, -0.2) is 25.4 Å². The molecule has 1 unspecified atom stereocenters. The third-order valence-electron chi connectivity index (χ3n) is 7.87. The first-order valence-corrected chi connectivity index (χ1v) is 13.4. The first-order chi connectivity index (χ1) is 17.7. The highest BCUT2D eigenvalue weighted by Gasteiger charge is 2.51. The summed E-state index contributed by atoms with van der Waals surface area (Å²) in [5.74, 6) is 2.46. The van der Waals surface area contributed by atoms with E-state index in [1.54, 1.807) is 12.1 Å². The second kappa shape index (κ2) is 9.97. The summed E-state index contributed by atoms with van der Waals surface area (Å²) in [5, 5.41) is 27.4. The molecule has 0 radical (unpaired) electrons. The normalized spacial score (nSPS) is 27.1. The molecule has 2 aromatic rings. The quantitative estimate of drug-likeness (QED) is 0.178. The average molecular weight is 535 g/mol. The smallest absolute Gasteiger partial charge is 0.346 e. The lowest BCUT2D eigenvalue weighted by atomic mass is 9.50. The van der Waals surface area contributed by atoms with Crippen molar-refractivity contribution in [2.24, 2.45) is 29.6 Å². The predicted octanol–water partition coefficient (Wildman–Crippen LogP) is 4.89. The van der Waals surface area contributed by atoms with E-state index in [1.807, 2.05) is 0 Å². The van der Waals surface area contributed by atoms with Gasteiger partial charge in [0.15, 0.2) is 4.90 Å². The van der Waals surface area contributed by atoms with Crippen LogP contribution >= 0.6 is 0 Å². The minimum absolute atomic E-state index is 0.0833. The zero-order valence-corrected chi connectivity index (χ0v) is 20.7. The molecule has 12 nitrogen and oxygen atoms in total. The highest BCUT2D eigenvalue weighted by molar-refractivity contribution is 7.87. The van der Waals surface area contributed by atoms with E-state index in [4.69, 9.17) is 19.0 Å². The standard InChI is InChI=1S/C24H26N2O10S/c1-33-36-34-24(23-17-8-14-7-15(10-17)11-18(23)9-14)16-3-2-4-20(12-16)35-37(31,32)22-6-5-19(25(27)28)13-21(22)26(29)30/h2-6,12-15,17-18,23-24H,7-11H2,1H3. The fourth-order valence-electron chi connectivity index (χ4n) is 6.77. The van der Waals surface area contributed by atoms with E-state index in [1.165, 1.54) is 25.7 Å². The van der Waals surface area contributed by atoms with Crippen LogP contribution in [0.4, 0.5) is 11.4 Å². The van der Waals surface area contributed by atoms with Crippen molar-refractivity contribution in [3.63, 3.8) is 0 Å². The molecule has 13 heteroatoms. The maximum Gasteiger partial charge on any atom is 0.346 e. The zero-order chi connectivity index (χ0) is 26.3. The lowest BCUT2D eigenvalue weighted by Gasteiger charge is -2.55. The van der Waals surface area contributed by atoms with Crippen LogP contribution in [0.25, 0.3) is 0 Å². The van der Waals surface area contributed by atoms with Crippen molar-refractivity contribution in [2.75, 3.05) is 7.11 Å². The molecule has 0 amide bonds.